The first kappa shape index (κ1) is 18.9. The highest BCUT2D eigenvalue weighted by Gasteiger charge is 2.15. The Labute approximate surface area is 147 Å². The first-order valence-electron chi connectivity index (χ1n) is 9.74. The van der Waals surface area contributed by atoms with Crippen LogP contribution in [0.25, 0.3) is 0 Å². The Morgan fingerprint density at radius 1 is 1.09 bits per heavy atom. The molecular formula is C18H36N4S. The summed E-state index contributed by atoms with van der Waals surface area (Å²) in [6.07, 6.45) is 10.9. The third kappa shape index (κ3) is 8.30. The lowest BCUT2D eigenvalue weighted by atomic mass is 10.1. The Morgan fingerprint density at radius 3 is 2.70 bits per heavy atom. The summed E-state index contributed by atoms with van der Waals surface area (Å²) in [6.45, 7) is 9.05. The molecule has 0 aromatic rings. The molecule has 2 aliphatic heterocycles. The molecule has 23 heavy (non-hydrogen) atoms. The number of thioether (sulfide) groups is 1. The Kier molecular flexibility index (Phi) is 9.88. The molecule has 0 bridgehead atoms. The van der Waals surface area contributed by atoms with Crippen molar-refractivity contribution >= 4 is 17.7 Å². The summed E-state index contributed by atoms with van der Waals surface area (Å²) in [4.78, 5) is 7.39. The number of piperidine rings is 1. The predicted octanol–water partition coefficient (Wildman–Crippen LogP) is 3.09. The van der Waals surface area contributed by atoms with Crippen molar-refractivity contribution in [3.05, 3.63) is 0 Å². The van der Waals surface area contributed by atoms with Gasteiger partial charge < -0.3 is 15.5 Å². The smallest absolute Gasteiger partial charge is 0.191 e. The molecule has 4 nitrogen and oxygen atoms in total. The molecule has 0 saturated carbocycles. The van der Waals surface area contributed by atoms with Gasteiger partial charge in [0.15, 0.2) is 5.96 Å². The van der Waals surface area contributed by atoms with Crippen molar-refractivity contribution in [1.29, 1.82) is 0 Å². The van der Waals surface area contributed by atoms with Crippen molar-refractivity contribution in [3.63, 3.8) is 0 Å². The number of hydrogen-bond acceptors (Lipinski definition) is 3. The van der Waals surface area contributed by atoms with Crippen LogP contribution in [0.5, 0.6) is 0 Å². The van der Waals surface area contributed by atoms with Crippen LogP contribution in [0.2, 0.25) is 0 Å². The molecule has 0 aliphatic carbocycles. The molecule has 2 saturated heterocycles. The van der Waals surface area contributed by atoms with Crippen LogP contribution < -0.4 is 10.6 Å². The van der Waals surface area contributed by atoms with Crippen molar-refractivity contribution in [1.82, 2.24) is 15.5 Å². The van der Waals surface area contributed by atoms with Crippen molar-refractivity contribution in [2.24, 2.45) is 4.99 Å². The third-order valence-corrected chi connectivity index (χ3v) is 6.09. The van der Waals surface area contributed by atoms with Crippen LogP contribution in [-0.4, -0.2) is 61.1 Å². The van der Waals surface area contributed by atoms with Gasteiger partial charge in [-0.1, -0.05) is 12.8 Å². The summed E-state index contributed by atoms with van der Waals surface area (Å²) in [5.41, 5.74) is 0. The van der Waals surface area contributed by atoms with Crippen molar-refractivity contribution in [3.8, 4) is 0 Å². The minimum atomic E-state index is 0.745. The van der Waals surface area contributed by atoms with E-state index in [1.165, 1.54) is 76.8 Å². The van der Waals surface area contributed by atoms with Crippen molar-refractivity contribution in [2.45, 2.75) is 63.5 Å². The summed E-state index contributed by atoms with van der Waals surface area (Å²) in [7, 11) is 0. The number of nitrogens with zero attached hydrogens (tertiary/aromatic N) is 2. The molecule has 1 unspecified atom stereocenters. The monoisotopic (exact) mass is 340 g/mol. The predicted molar refractivity (Wildman–Crippen MR) is 104 cm³/mol. The van der Waals surface area contributed by atoms with E-state index in [0.29, 0.717) is 0 Å². The quantitative estimate of drug-likeness (QED) is 0.384. The zero-order valence-corrected chi connectivity index (χ0v) is 15.8. The molecule has 2 fully saturated rings. The lowest BCUT2D eigenvalue weighted by Crippen LogP contribution is -2.38. The van der Waals surface area contributed by atoms with Gasteiger partial charge in [-0.15, -0.1) is 0 Å². The molecule has 2 aliphatic rings. The maximum atomic E-state index is 4.75. The number of hydrogen-bond donors (Lipinski definition) is 2. The Bertz CT molecular complexity index is 323. The molecule has 134 valence electrons. The number of guanidine groups is 1. The third-order valence-electron chi connectivity index (χ3n) is 4.71. The van der Waals surface area contributed by atoms with Crippen LogP contribution in [0.15, 0.2) is 4.99 Å². The maximum Gasteiger partial charge on any atom is 0.191 e. The van der Waals surface area contributed by atoms with Gasteiger partial charge in [0.1, 0.15) is 0 Å². The first-order chi connectivity index (χ1) is 11.4. The second-order valence-corrected chi connectivity index (χ2v) is 8.15. The summed E-state index contributed by atoms with van der Waals surface area (Å²) >= 11 is 2.08. The lowest BCUT2D eigenvalue weighted by Gasteiger charge is -2.26. The second kappa shape index (κ2) is 12.0. The summed E-state index contributed by atoms with van der Waals surface area (Å²) in [6, 6.07) is 0. The van der Waals surface area contributed by atoms with E-state index in [2.05, 4.69) is 34.2 Å². The van der Waals surface area contributed by atoms with Gasteiger partial charge in [-0.3, -0.25) is 4.99 Å². The van der Waals surface area contributed by atoms with Gasteiger partial charge in [0.2, 0.25) is 0 Å². The highest BCUT2D eigenvalue weighted by molar-refractivity contribution is 8.00. The van der Waals surface area contributed by atoms with E-state index in [-0.39, 0.29) is 0 Å². The van der Waals surface area contributed by atoms with E-state index in [0.717, 1.165) is 30.8 Å². The van der Waals surface area contributed by atoms with Crippen molar-refractivity contribution in [2.75, 3.05) is 45.0 Å². The van der Waals surface area contributed by atoms with E-state index in [1.54, 1.807) is 0 Å². The molecule has 2 rings (SSSR count). The molecule has 1 atom stereocenters. The molecule has 0 spiro atoms. The zero-order chi connectivity index (χ0) is 16.2. The fourth-order valence-corrected chi connectivity index (χ4v) is 4.53. The minimum absolute atomic E-state index is 0.745. The lowest BCUT2D eigenvalue weighted by molar-refractivity contribution is 0.224. The van der Waals surface area contributed by atoms with E-state index in [4.69, 9.17) is 4.99 Å². The fourth-order valence-electron chi connectivity index (χ4n) is 3.35. The van der Waals surface area contributed by atoms with Gasteiger partial charge >= 0.3 is 0 Å². The minimum Gasteiger partial charge on any atom is -0.357 e. The molecule has 5 heteroatoms. The van der Waals surface area contributed by atoms with Gasteiger partial charge in [-0.2, -0.15) is 11.8 Å². The van der Waals surface area contributed by atoms with Gasteiger partial charge in [-0.05, 0) is 70.8 Å². The van der Waals surface area contributed by atoms with Crippen LogP contribution in [0, 0.1) is 0 Å². The van der Waals surface area contributed by atoms with E-state index < -0.39 is 0 Å². The van der Waals surface area contributed by atoms with Crippen LogP contribution in [-0.2, 0) is 0 Å². The molecule has 2 heterocycles. The Balaban J connectivity index is 1.51. The van der Waals surface area contributed by atoms with Crippen LogP contribution in [0.1, 0.15) is 58.3 Å². The standard InChI is InChI=1S/C18H36N4S/c1-2-19-18(21-16-17-10-9-15-23-17)20-11-5-3-6-12-22-13-7-4-8-14-22/h17H,2-16H2,1H3,(H2,19,20,21). The van der Waals surface area contributed by atoms with Gasteiger partial charge in [-0.25, -0.2) is 0 Å². The largest absolute Gasteiger partial charge is 0.357 e. The van der Waals surface area contributed by atoms with Gasteiger partial charge in [0, 0.05) is 18.3 Å². The number of rotatable bonds is 9. The number of unbranched alkanes of at least 4 members (excludes halogenated alkanes) is 2. The molecule has 0 radical (unpaired) electrons. The SMILES string of the molecule is CCNC(=NCC1CCCS1)NCCCCCN1CCCCC1. The average Bonchev–Trinajstić information content (AvgIpc) is 3.10. The maximum absolute atomic E-state index is 4.75. The molecular weight excluding hydrogens is 304 g/mol. The summed E-state index contributed by atoms with van der Waals surface area (Å²) < 4.78 is 0. The van der Waals surface area contributed by atoms with E-state index in [1.807, 2.05) is 0 Å². The normalized spacial score (nSPS) is 23.2. The van der Waals surface area contributed by atoms with Crippen LogP contribution in [0.3, 0.4) is 0 Å². The van der Waals surface area contributed by atoms with Crippen LogP contribution in [0.4, 0.5) is 0 Å². The second-order valence-electron chi connectivity index (χ2n) is 6.74. The number of aliphatic imine (C=N–C) groups is 1. The number of likely N-dealkylation sites (tertiary alicyclic amines) is 1. The Morgan fingerprint density at radius 2 is 1.96 bits per heavy atom. The van der Waals surface area contributed by atoms with Gasteiger partial charge in [0.05, 0.1) is 6.54 Å². The molecule has 0 amide bonds. The Hall–Kier alpha value is -0.420. The van der Waals surface area contributed by atoms with Crippen molar-refractivity contribution < 1.29 is 0 Å². The zero-order valence-electron chi connectivity index (χ0n) is 15.0. The highest BCUT2D eigenvalue weighted by Crippen LogP contribution is 2.25. The molecule has 0 aromatic carbocycles. The first-order valence-corrected chi connectivity index (χ1v) is 10.8. The van der Waals surface area contributed by atoms with Gasteiger partial charge in [0.25, 0.3) is 0 Å². The topological polar surface area (TPSA) is 39.7 Å². The summed E-state index contributed by atoms with van der Waals surface area (Å²) in [5, 5.41) is 7.62. The molecule has 2 N–H and O–H groups in total. The average molecular weight is 341 g/mol. The van der Waals surface area contributed by atoms with E-state index in [9.17, 15) is 0 Å². The highest BCUT2D eigenvalue weighted by atomic mass is 32.2. The van der Waals surface area contributed by atoms with Crippen LogP contribution >= 0.6 is 11.8 Å². The fraction of sp³-hybridized carbons (Fsp3) is 0.944. The van der Waals surface area contributed by atoms with E-state index >= 15 is 0 Å². The summed E-state index contributed by atoms with van der Waals surface area (Å²) in [5.74, 6) is 2.33. The number of nitrogens with one attached hydrogen (secondary N) is 2. The molecule has 0 aromatic heterocycles.